The van der Waals surface area contributed by atoms with Crippen LogP contribution < -0.4 is 21.6 Å². The van der Waals surface area contributed by atoms with E-state index in [0.717, 1.165) is 6.07 Å². The van der Waals surface area contributed by atoms with Gasteiger partial charge < -0.3 is 15.2 Å². The molecule has 1 saturated heterocycles. The van der Waals surface area contributed by atoms with Gasteiger partial charge in [-0.1, -0.05) is 0 Å². The van der Waals surface area contributed by atoms with Crippen molar-refractivity contribution in [2.75, 3.05) is 18.0 Å². The second-order valence-corrected chi connectivity index (χ2v) is 7.01. The number of halogens is 2. The Labute approximate surface area is 161 Å². The molecule has 10 heteroatoms. The number of nitrogens with one attached hydrogen (secondary N) is 1. The number of nitrogens with zero attached hydrogens (tertiary/aromatic N) is 3. The molecule has 1 aliphatic rings. The van der Waals surface area contributed by atoms with Crippen LogP contribution in [0.15, 0.2) is 44.4 Å². The van der Waals surface area contributed by atoms with Crippen LogP contribution in [0.5, 0.6) is 0 Å². The number of pyridine rings is 2. The van der Waals surface area contributed by atoms with Crippen LogP contribution in [0.25, 0.3) is 27.8 Å². The first-order chi connectivity index (χ1) is 13.9. The van der Waals surface area contributed by atoms with Gasteiger partial charge in [0.2, 0.25) is 11.1 Å². The van der Waals surface area contributed by atoms with E-state index < -0.39 is 22.6 Å². The molecule has 5 rings (SSSR count). The lowest BCUT2D eigenvalue weighted by molar-refractivity contribution is 0.437. The number of hydrogen-bond acceptors (Lipinski definition) is 6. The summed E-state index contributed by atoms with van der Waals surface area (Å²) in [4.78, 5) is 31.1. The van der Waals surface area contributed by atoms with Crippen molar-refractivity contribution in [1.82, 2.24) is 14.7 Å². The third-order valence-corrected chi connectivity index (χ3v) is 5.11. The molecule has 4 aromatic rings. The smallest absolute Gasteiger partial charge is 0.293 e. The molecule has 8 nitrogen and oxygen atoms in total. The van der Waals surface area contributed by atoms with Crippen molar-refractivity contribution in [1.29, 1.82) is 0 Å². The SMILES string of the molecule is NC1CCN(c2nc3c(cc2F)c(=O)c2c(=O)[nH]oc2n3-c2ccc(F)cc2)C1. The lowest BCUT2D eigenvalue weighted by atomic mass is 10.2. The Kier molecular flexibility index (Phi) is 3.78. The van der Waals surface area contributed by atoms with E-state index in [4.69, 9.17) is 10.3 Å². The average Bonchev–Trinajstić information content (AvgIpc) is 3.29. The monoisotopic (exact) mass is 399 g/mol. The normalized spacial score (nSPS) is 16.9. The van der Waals surface area contributed by atoms with Gasteiger partial charge in [-0.3, -0.25) is 14.2 Å². The predicted molar refractivity (Wildman–Crippen MR) is 102 cm³/mol. The van der Waals surface area contributed by atoms with Crippen LogP contribution in [-0.4, -0.2) is 33.8 Å². The first-order valence-corrected chi connectivity index (χ1v) is 8.97. The second kappa shape index (κ2) is 6.24. The number of aromatic nitrogens is 3. The molecule has 1 aromatic carbocycles. The maximum absolute atomic E-state index is 14.8. The molecule has 1 unspecified atom stereocenters. The third-order valence-electron chi connectivity index (χ3n) is 5.11. The van der Waals surface area contributed by atoms with Gasteiger partial charge in [-0.2, -0.15) is 5.16 Å². The van der Waals surface area contributed by atoms with E-state index in [1.54, 1.807) is 4.90 Å². The zero-order valence-corrected chi connectivity index (χ0v) is 15.0. The molecule has 0 bridgehead atoms. The van der Waals surface area contributed by atoms with Gasteiger partial charge in [0, 0.05) is 19.1 Å². The minimum Gasteiger partial charge on any atom is -0.359 e. The quantitative estimate of drug-likeness (QED) is 0.530. The van der Waals surface area contributed by atoms with E-state index in [2.05, 4.69) is 10.1 Å². The van der Waals surface area contributed by atoms with Crippen molar-refractivity contribution in [2.24, 2.45) is 5.73 Å². The van der Waals surface area contributed by atoms with E-state index in [1.165, 1.54) is 28.8 Å². The van der Waals surface area contributed by atoms with Crippen molar-refractivity contribution in [2.45, 2.75) is 12.5 Å². The van der Waals surface area contributed by atoms with Crippen molar-refractivity contribution >= 4 is 28.0 Å². The van der Waals surface area contributed by atoms with Crippen LogP contribution >= 0.6 is 0 Å². The summed E-state index contributed by atoms with van der Waals surface area (Å²) in [6.07, 6.45) is 0.690. The molecule has 29 heavy (non-hydrogen) atoms. The van der Waals surface area contributed by atoms with Crippen LogP contribution in [0, 0.1) is 11.6 Å². The Hall–Kier alpha value is -3.53. The molecular formula is C19H15F2N5O3. The van der Waals surface area contributed by atoms with Gasteiger partial charge in [0.05, 0.1) is 11.1 Å². The number of fused-ring (bicyclic) bond motifs is 2. The Morgan fingerprint density at radius 2 is 1.97 bits per heavy atom. The summed E-state index contributed by atoms with van der Waals surface area (Å²) in [5.74, 6) is -1.09. The molecule has 0 radical (unpaired) electrons. The summed E-state index contributed by atoms with van der Waals surface area (Å²) < 4.78 is 34.9. The molecule has 3 N–H and O–H groups in total. The maximum atomic E-state index is 14.8. The number of nitrogens with two attached hydrogens (primary N) is 1. The molecule has 148 valence electrons. The van der Waals surface area contributed by atoms with Crippen molar-refractivity contribution in [3.63, 3.8) is 0 Å². The van der Waals surface area contributed by atoms with Crippen molar-refractivity contribution < 1.29 is 13.3 Å². The van der Waals surface area contributed by atoms with Gasteiger partial charge in [-0.05, 0) is 36.8 Å². The molecule has 0 saturated carbocycles. The number of H-pyrrole nitrogens is 1. The fourth-order valence-corrected chi connectivity index (χ4v) is 3.72. The topological polar surface area (TPSA) is 110 Å². The van der Waals surface area contributed by atoms with E-state index >= 15 is 0 Å². The molecule has 1 fully saturated rings. The first kappa shape index (κ1) is 17.6. The minimum absolute atomic E-state index is 0.0537. The van der Waals surface area contributed by atoms with Crippen molar-refractivity contribution in [3.8, 4) is 5.69 Å². The van der Waals surface area contributed by atoms with Gasteiger partial charge >= 0.3 is 0 Å². The minimum atomic E-state index is -0.738. The van der Waals surface area contributed by atoms with Gasteiger partial charge in [0.25, 0.3) is 5.56 Å². The van der Waals surface area contributed by atoms with E-state index in [9.17, 15) is 18.4 Å². The predicted octanol–water partition coefficient (Wildman–Crippen LogP) is 1.64. The van der Waals surface area contributed by atoms with E-state index in [1.807, 2.05) is 0 Å². The summed E-state index contributed by atoms with van der Waals surface area (Å²) >= 11 is 0. The Morgan fingerprint density at radius 3 is 2.66 bits per heavy atom. The molecule has 4 heterocycles. The van der Waals surface area contributed by atoms with E-state index in [0.29, 0.717) is 25.2 Å². The van der Waals surface area contributed by atoms with E-state index in [-0.39, 0.29) is 34.0 Å². The summed E-state index contributed by atoms with van der Waals surface area (Å²) in [5.41, 5.74) is 4.90. The molecule has 1 atom stereocenters. The van der Waals surface area contributed by atoms with Crippen molar-refractivity contribution in [3.05, 3.63) is 62.5 Å². The van der Waals surface area contributed by atoms with Crippen LogP contribution in [0.2, 0.25) is 0 Å². The van der Waals surface area contributed by atoms with Crippen LogP contribution in [-0.2, 0) is 0 Å². The number of rotatable bonds is 2. The van der Waals surface area contributed by atoms with Crippen LogP contribution in [0.3, 0.4) is 0 Å². The largest absolute Gasteiger partial charge is 0.359 e. The lowest BCUT2D eigenvalue weighted by Crippen LogP contribution is -2.28. The second-order valence-electron chi connectivity index (χ2n) is 7.01. The number of anilines is 1. The van der Waals surface area contributed by atoms with Crippen LogP contribution in [0.4, 0.5) is 14.6 Å². The maximum Gasteiger partial charge on any atom is 0.293 e. The Morgan fingerprint density at radius 1 is 1.21 bits per heavy atom. The van der Waals surface area contributed by atoms with Gasteiger partial charge in [-0.25, -0.2) is 13.8 Å². The zero-order chi connectivity index (χ0) is 20.3. The average molecular weight is 399 g/mol. The molecule has 0 aliphatic carbocycles. The first-order valence-electron chi connectivity index (χ1n) is 8.97. The number of hydrogen-bond donors (Lipinski definition) is 2. The molecule has 0 amide bonds. The highest BCUT2D eigenvalue weighted by molar-refractivity contribution is 5.91. The van der Waals surface area contributed by atoms with Gasteiger partial charge in [-0.15, -0.1) is 0 Å². The molecule has 3 aromatic heterocycles. The highest BCUT2D eigenvalue weighted by Gasteiger charge is 2.26. The number of benzene rings is 1. The lowest BCUT2D eigenvalue weighted by Gasteiger charge is -2.19. The van der Waals surface area contributed by atoms with Gasteiger partial charge in [0.1, 0.15) is 5.82 Å². The summed E-state index contributed by atoms with van der Waals surface area (Å²) in [6.45, 7) is 0.955. The fraction of sp³-hybridized carbons (Fsp3) is 0.211. The fourth-order valence-electron chi connectivity index (χ4n) is 3.72. The summed E-state index contributed by atoms with van der Waals surface area (Å²) in [6, 6.07) is 6.30. The zero-order valence-electron chi connectivity index (χ0n) is 15.0. The van der Waals surface area contributed by atoms with Gasteiger partial charge in [0.15, 0.2) is 22.7 Å². The number of aromatic amines is 1. The Bertz CT molecular complexity index is 1370. The summed E-state index contributed by atoms with van der Waals surface area (Å²) in [5, 5.41) is 1.78. The highest BCUT2D eigenvalue weighted by atomic mass is 19.1. The molecule has 1 aliphatic heterocycles. The summed E-state index contributed by atoms with van der Waals surface area (Å²) in [7, 11) is 0. The molecule has 0 spiro atoms. The van der Waals surface area contributed by atoms with Crippen LogP contribution in [0.1, 0.15) is 6.42 Å². The standard InChI is InChI=1S/C19H15F2N5O3/c20-9-1-3-11(4-2-9)26-16-12(15(27)14-18(28)24-29-19(14)26)7-13(21)17(23-16)25-6-5-10(22)8-25/h1-4,7,10H,5-6,8,22H2,(H,24,28). The highest BCUT2D eigenvalue weighted by Crippen LogP contribution is 2.27. The third kappa shape index (κ3) is 2.64. The molecular weight excluding hydrogens is 384 g/mol. The Balaban J connectivity index is 1.90.